The van der Waals surface area contributed by atoms with Crippen LogP contribution in [0.2, 0.25) is 0 Å². The van der Waals surface area contributed by atoms with Crippen molar-refractivity contribution in [2.75, 3.05) is 13.2 Å². The van der Waals surface area contributed by atoms with Crippen molar-refractivity contribution in [2.45, 2.75) is 213 Å². The molecule has 0 rings (SSSR count). The Balaban J connectivity index is 4.56. The van der Waals surface area contributed by atoms with Gasteiger partial charge in [0.2, 0.25) is 0 Å². The Hall–Kier alpha value is -4.45. The van der Waals surface area contributed by atoms with Gasteiger partial charge >= 0.3 is 17.9 Å². The Labute approximate surface area is 405 Å². The molecule has 0 aromatic heterocycles. The van der Waals surface area contributed by atoms with E-state index in [4.69, 9.17) is 14.2 Å². The zero-order valence-electron chi connectivity index (χ0n) is 42.1. The molecule has 0 saturated carbocycles. The topological polar surface area (TPSA) is 78.9 Å². The monoisotopic (exact) mass is 911 g/mol. The number of carbonyl (C=O) groups excluding carboxylic acids is 3. The molecule has 0 aliphatic heterocycles. The molecule has 0 radical (unpaired) electrons. The van der Waals surface area contributed by atoms with Crippen molar-refractivity contribution in [1.29, 1.82) is 0 Å². The van der Waals surface area contributed by atoms with E-state index in [0.717, 1.165) is 116 Å². The Bertz CT molecular complexity index is 1460. The van der Waals surface area contributed by atoms with E-state index in [1.807, 2.05) is 48.6 Å². The number of rotatable bonds is 45. The largest absolute Gasteiger partial charge is 0.462 e. The number of ether oxygens (including phenoxy) is 3. The van der Waals surface area contributed by atoms with Gasteiger partial charge in [-0.1, -0.05) is 212 Å². The van der Waals surface area contributed by atoms with Crippen LogP contribution in [0.4, 0.5) is 0 Å². The summed E-state index contributed by atoms with van der Waals surface area (Å²) in [7, 11) is 0. The van der Waals surface area contributed by atoms with Crippen molar-refractivity contribution >= 4 is 17.9 Å². The summed E-state index contributed by atoms with van der Waals surface area (Å²) in [4.78, 5) is 38.0. The van der Waals surface area contributed by atoms with Gasteiger partial charge in [0.1, 0.15) is 13.2 Å². The lowest BCUT2D eigenvalue weighted by atomic mass is 10.1. The molecule has 0 amide bonds. The minimum atomic E-state index is -0.825. The van der Waals surface area contributed by atoms with Gasteiger partial charge in [0.15, 0.2) is 6.10 Å². The first-order chi connectivity index (χ1) is 32.5. The summed E-state index contributed by atoms with van der Waals surface area (Å²) in [5, 5.41) is 0. The van der Waals surface area contributed by atoms with Crippen molar-refractivity contribution in [2.24, 2.45) is 0 Å². The SMILES string of the molecule is CC\C=C/C=C\C=C/C=C\C=C/CCCCCC(=O)OC(COC(=O)CCCCC/C=C\C/C=C\C/C=C\C/C=C\C/C=C\CC)COC(=O)CCCCC/C=C\CCCCCCCCC. The Morgan fingerprint density at radius 2 is 0.667 bits per heavy atom. The number of hydrogen-bond acceptors (Lipinski definition) is 6. The highest BCUT2D eigenvalue weighted by Crippen LogP contribution is 2.12. The fourth-order valence-electron chi connectivity index (χ4n) is 6.60. The average Bonchev–Trinajstić information content (AvgIpc) is 3.31. The average molecular weight is 911 g/mol. The smallest absolute Gasteiger partial charge is 0.306 e. The lowest BCUT2D eigenvalue weighted by Crippen LogP contribution is -2.30. The molecule has 0 heterocycles. The minimum Gasteiger partial charge on any atom is -0.462 e. The third-order valence-electron chi connectivity index (χ3n) is 10.5. The van der Waals surface area contributed by atoms with E-state index in [2.05, 4.69) is 106 Å². The van der Waals surface area contributed by atoms with Crippen LogP contribution in [-0.2, 0) is 28.6 Å². The number of esters is 3. The quantitative estimate of drug-likeness (QED) is 0.0199. The second-order valence-corrected chi connectivity index (χ2v) is 16.8. The lowest BCUT2D eigenvalue weighted by Gasteiger charge is -2.18. The zero-order valence-corrected chi connectivity index (χ0v) is 42.1. The zero-order chi connectivity index (χ0) is 47.9. The van der Waals surface area contributed by atoms with Gasteiger partial charge in [0.25, 0.3) is 0 Å². The summed E-state index contributed by atoms with van der Waals surface area (Å²) in [6.07, 6.45) is 74.3. The van der Waals surface area contributed by atoms with E-state index in [1.165, 1.54) is 44.9 Å². The molecule has 0 aliphatic rings. The number of unbranched alkanes of at least 4 members (excludes halogenated alkanes) is 16. The van der Waals surface area contributed by atoms with Crippen LogP contribution in [-0.4, -0.2) is 37.2 Å². The van der Waals surface area contributed by atoms with E-state index in [9.17, 15) is 14.4 Å². The van der Waals surface area contributed by atoms with E-state index < -0.39 is 6.10 Å². The fourth-order valence-corrected chi connectivity index (χ4v) is 6.60. The van der Waals surface area contributed by atoms with E-state index in [0.29, 0.717) is 19.3 Å². The summed E-state index contributed by atoms with van der Waals surface area (Å²) in [6, 6.07) is 0. The van der Waals surface area contributed by atoms with Crippen LogP contribution < -0.4 is 0 Å². The normalized spacial score (nSPS) is 13.2. The second kappa shape index (κ2) is 53.2. The van der Waals surface area contributed by atoms with Crippen molar-refractivity contribution in [1.82, 2.24) is 0 Å². The third-order valence-corrected chi connectivity index (χ3v) is 10.5. The predicted octanol–water partition coefficient (Wildman–Crippen LogP) is 17.5. The van der Waals surface area contributed by atoms with Gasteiger partial charge in [0, 0.05) is 19.3 Å². The predicted molar refractivity (Wildman–Crippen MR) is 283 cm³/mol. The van der Waals surface area contributed by atoms with Crippen molar-refractivity contribution in [3.63, 3.8) is 0 Å². The molecule has 0 aliphatic carbocycles. The van der Waals surface area contributed by atoms with Gasteiger partial charge in [-0.2, -0.15) is 0 Å². The van der Waals surface area contributed by atoms with E-state index in [-0.39, 0.29) is 37.5 Å². The molecule has 0 N–H and O–H groups in total. The summed E-state index contributed by atoms with van der Waals surface area (Å²) in [6.45, 7) is 6.28. The van der Waals surface area contributed by atoms with Crippen molar-refractivity contribution in [3.8, 4) is 0 Å². The molecule has 0 aromatic rings. The molecule has 0 aromatic carbocycles. The Kier molecular flexibility index (Phi) is 49.6. The molecule has 1 atom stereocenters. The third kappa shape index (κ3) is 50.5. The lowest BCUT2D eigenvalue weighted by molar-refractivity contribution is -0.167. The molecule has 1 unspecified atom stereocenters. The number of carbonyl (C=O) groups is 3. The molecule has 6 nitrogen and oxygen atoms in total. The molecule has 6 heteroatoms. The van der Waals surface area contributed by atoms with Crippen LogP contribution in [0.3, 0.4) is 0 Å². The Morgan fingerprint density at radius 3 is 1.12 bits per heavy atom. The molecule has 0 saturated heterocycles. The van der Waals surface area contributed by atoms with E-state index in [1.54, 1.807) is 0 Å². The highest BCUT2D eigenvalue weighted by Gasteiger charge is 2.19. The second-order valence-electron chi connectivity index (χ2n) is 16.8. The van der Waals surface area contributed by atoms with E-state index >= 15 is 0 Å². The van der Waals surface area contributed by atoms with Crippen molar-refractivity contribution in [3.05, 3.63) is 134 Å². The first kappa shape index (κ1) is 61.5. The van der Waals surface area contributed by atoms with Crippen LogP contribution in [0, 0.1) is 0 Å². The van der Waals surface area contributed by atoms with Crippen LogP contribution in [0.25, 0.3) is 0 Å². The van der Waals surface area contributed by atoms with Crippen LogP contribution >= 0.6 is 0 Å². The first-order valence-corrected chi connectivity index (χ1v) is 26.3. The van der Waals surface area contributed by atoms with Gasteiger partial charge in [-0.3, -0.25) is 14.4 Å². The first-order valence-electron chi connectivity index (χ1n) is 26.3. The minimum absolute atomic E-state index is 0.119. The molecule has 370 valence electrons. The number of allylic oxidation sites excluding steroid dienone is 22. The van der Waals surface area contributed by atoms with Crippen LogP contribution in [0.5, 0.6) is 0 Å². The Morgan fingerprint density at radius 1 is 0.333 bits per heavy atom. The highest BCUT2D eigenvalue weighted by molar-refractivity contribution is 5.71. The fraction of sp³-hybridized carbons (Fsp3) is 0.583. The summed E-state index contributed by atoms with van der Waals surface area (Å²) in [5.41, 5.74) is 0. The summed E-state index contributed by atoms with van der Waals surface area (Å²) < 4.78 is 16.7. The number of hydrogen-bond donors (Lipinski definition) is 0. The van der Waals surface area contributed by atoms with Gasteiger partial charge in [-0.05, 0) is 109 Å². The maximum absolute atomic E-state index is 12.8. The molecule has 0 fully saturated rings. The maximum atomic E-state index is 12.8. The maximum Gasteiger partial charge on any atom is 0.306 e. The van der Waals surface area contributed by atoms with Crippen LogP contribution in [0.15, 0.2) is 134 Å². The summed E-state index contributed by atoms with van der Waals surface area (Å²) >= 11 is 0. The molecule has 0 spiro atoms. The summed E-state index contributed by atoms with van der Waals surface area (Å²) in [5.74, 6) is -1.02. The molecule has 0 bridgehead atoms. The highest BCUT2D eigenvalue weighted by atomic mass is 16.6. The molecule has 66 heavy (non-hydrogen) atoms. The van der Waals surface area contributed by atoms with Gasteiger partial charge in [-0.25, -0.2) is 0 Å². The van der Waals surface area contributed by atoms with Gasteiger partial charge in [0.05, 0.1) is 0 Å². The van der Waals surface area contributed by atoms with Crippen molar-refractivity contribution < 1.29 is 28.6 Å². The molecular formula is C60H94O6. The standard InChI is InChI=1S/C60H94O6/c1-4-7-10-13-16-19-22-25-28-29-30-31-33-35-38-41-44-47-50-53-59(62)65-56-57(55-64-58(61)52-49-46-43-40-37-34-27-24-21-18-15-12-9-6-3)66-60(63)54-51-48-45-42-39-36-32-26-23-20-17-14-11-8-5-2/h7-8,10-11,14,16-17,19-20,23,25-26,28,30-32,34-39,57H,4-6,9,12-13,15,18,21-22,24,27,29,33,40-56H2,1-3H3/b10-7-,11-8-,17-14-,19-16-,23-20-,28-25-,31-30-,32-26-,37-34-,38-35-,39-36-. The molecular weight excluding hydrogens is 817 g/mol. The van der Waals surface area contributed by atoms with Gasteiger partial charge < -0.3 is 14.2 Å². The van der Waals surface area contributed by atoms with Crippen LogP contribution in [0.1, 0.15) is 207 Å². The van der Waals surface area contributed by atoms with Gasteiger partial charge in [-0.15, -0.1) is 0 Å².